The largest absolute Gasteiger partial charge is 0.508 e. The number of thiophene rings is 1. The second kappa shape index (κ2) is 5.33. The molecular weight excluding hydrogens is 258 g/mol. The first-order chi connectivity index (χ1) is 9.22. The number of aromatic hydroxyl groups is 1. The number of nitrogens with zero attached hydrogens (tertiary/aromatic N) is 1. The molecule has 1 aliphatic heterocycles. The Morgan fingerprint density at radius 1 is 1.21 bits per heavy atom. The fourth-order valence-electron chi connectivity index (χ4n) is 2.51. The Balaban J connectivity index is 1.64. The molecule has 0 spiro atoms. The van der Waals surface area contributed by atoms with Gasteiger partial charge in [0.25, 0.3) is 0 Å². The second-order valence-electron chi connectivity index (χ2n) is 4.96. The van der Waals surface area contributed by atoms with Crippen LogP contribution in [0.4, 0.5) is 0 Å². The van der Waals surface area contributed by atoms with Crippen LogP contribution in [0, 0.1) is 0 Å². The molecule has 19 heavy (non-hydrogen) atoms. The van der Waals surface area contributed by atoms with Crippen molar-refractivity contribution < 1.29 is 10.2 Å². The number of aliphatic hydroxyl groups excluding tert-OH is 1. The van der Waals surface area contributed by atoms with Gasteiger partial charge in [0.1, 0.15) is 5.75 Å². The highest BCUT2D eigenvalue weighted by atomic mass is 32.1. The van der Waals surface area contributed by atoms with Crippen molar-refractivity contribution in [2.75, 3.05) is 13.1 Å². The minimum atomic E-state index is -0.499. The lowest BCUT2D eigenvalue weighted by atomic mass is 10.1. The summed E-state index contributed by atoms with van der Waals surface area (Å²) in [6.45, 7) is 2.57. The third kappa shape index (κ3) is 2.81. The van der Waals surface area contributed by atoms with E-state index in [-0.39, 0.29) is 5.75 Å². The van der Waals surface area contributed by atoms with E-state index in [1.165, 1.54) is 10.4 Å². The van der Waals surface area contributed by atoms with Crippen molar-refractivity contribution in [1.29, 1.82) is 0 Å². The summed E-state index contributed by atoms with van der Waals surface area (Å²) >= 11 is 1.83. The molecule has 2 N–H and O–H groups in total. The summed E-state index contributed by atoms with van der Waals surface area (Å²) < 4.78 is 0. The predicted octanol–water partition coefficient (Wildman–Crippen LogP) is 2.55. The van der Waals surface area contributed by atoms with Crippen molar-refractivity contribution in [3.63, 3.8) is 0 Å². The number of β-amino-alcohol motifs (C(OH)–C–C–N with tert-alkyl or cyclic N) is 1. The van der Waals surface area contributed by atoms with Crippen LogP contribution in [-0.4, -0.2) is 28.2 Å². The molecule has 4 heteroatoms. The van der Waals surface area contributed by atoms with Gasteiger partial charge in [-0.15, -0.1) is 11.3 Å². The Morgan fingerprint density at radius 3 is 2.79 bits per heavy atom. The van der Waals surface area contributed by atoms with Gasteiger partial charge in [-0.25, -0.2) is 0 Å². The van der Waals surface area contributed by atoms with Crippen molar-refractivity contribution in [3.8, 4) is 5.75 Å². The highest BCUT2D eigenvalue weighted by Crippen LogP contribution is 2.26. The summed E-state index contributed by atoms with van der Waals surface area (Å²) in [5.41, 5.74) is 2.25. The molecule has 3 nitrogen and oxygen atoms in total. The summed E-state index contributed by atoms with van der Waals surface area (Å²) in [5.74, 6) is 0.233. The van der Waals surface area contributed by atoms with Crippen molar-refractivity contribution >= 4 is 11.3 Å². The summed E-state index contributed by atoms with van der Waals surface area (Å²) in [6, 6.07) is 8.97. The van der Waals surface area contributed by atoms with E-state index >= 15 is 0 Å². The number of phenolic OH excluding ortho intramolecular Hbond substituents is 1. The molecule has 2 heterocycles. The Labute approximate surface area is 116 Å². The van der Waals surface area contributed by atoms with E-state index < -0.39 is 6.10 Å². The molecule has 1 atom stereocenters. The molecule has 3 rings (SSSR count). The normalized spacial score (nSPS) is 17.1. The van der Waals surface area contributed by atoms with Crippen LogP contribution in [0.1, 0.15) is 22.1 Å². The summed E-state index contributed by atoms with van der Waals surface area (Å²) in [6.07, 6.45) is 0.579. The lowest BCUT2D eigenvalue weighted by Crippen LogP contribution is -2.33. The van der Waals surface area contributed by atoms with Crippen LogP contribution < -0.4 is 0 Å². The first-order valence-corrected chi connectivity index (χ1v) is 7.35. The summed E-state index contributed by atoms with van der Waals surface area (Å²) in [4.78, 5) is 3.77. The van der Waals surface area contributed by atoms with Crippen LogP contribution in [0.2, 0.25) is 0 Å². The zero-order valence-electron chi connectivity index (χ0n) is 10.6. The van der Waals surface area contributed by atoms with Gasteiger partial charge in [0, 0.05) is 24.5 Å². The van der Waals surface area contributed by atoms with Gasteiger partial charge < -0.3 is 10.2 Å². The van der Waals surface area contributed by atoms with Crippen LogP contribution in [0.15, 0.2) is 35.7 Å². The van der Waals surface area contributed by atoms with Crippen LogP contribution in [0.3, 0.4) is 0 Å². The van der Waals surface area contributed by atoms with E-state index in [9.17, 15) is 10.2 Å². The smallest absolute Gasteiger partial charge is 0.115 e. The van der Waals surface area contributed by atoms with Crippen molar-refractivity contribution in [1.82, 2.24) is 4.90 Å². The molecule has 0 radical (unpaired) electrons. The number of aliphatic hydroxyl groups is 1. The van der Waals surface area contributed by atoms with Gasteiger partial charge in [-0.3, -0.25) is 4.90 Å². The lowest BCUT2D eigenvalue weighted by molar-refractivity contribution is 0.106. The van der Waals surface area contributed by atoms with Crippen molar-refractivity contribution in [2.45, 2.75) is 19.1 Å². The van der Waals surface area contributed by atoms with E-state index in [0.29, 0.717) is 6.54 Å². The van der Waals surface area contributed by atoms with Crippen molar-refractivity contribution in [2.24, 2.45) is 0 Å². The molecule has 1 aromatic heterocycles. The van der Waals surface area contributed by atoms with Crippen LogP contribution in [0.5, 0.6) is 5.75 Å². The molecule has 1 aliphatic rings. The Morgan fingerprint density at radius 2 is 2.00 bits per heavy atom. The van der Waals surface area contributed by atoms with Gasteiger partial charge in [-0.1, -0.05) is 12.1 Å². The third-order valence-electron chi connectivity index (χ3n) is 3.60. The van der Waals surface area contributed by atoms with Gasteiger partial charge in [-0.2, -0.15) is 0 Å². The van der Waals surface area contributed by atoms with E-state index in [1.54, 1.807) is 24.3 Å². The fourth-order valence-corrected chi connectivity index (χ4v) is 3.40. The van der Waals surface area contributed by atoms with Gasteiger partial charge in [0.2, 0.25) is 0 Å². The molecule has 0 fully saturated rings. The van der Waals surface area contributed by atoms with Crippen LogP contribution in [0.25, 0.3) is 0 Å². The lowest BCUT2D eigenvalue weighted by Gasteiger charge is -2.28. The van der Waals surface area contributed by atoms with Gasteiger partial charge in [-0.05, 0) is 41.1 Å². The second-order valence-corrected chi connectivity index (χ2v) is 5.96. The average molecular weight is 275 g/mol. The topological polar surface area (TPSA) is 43.7 Å². The van der Waals surface area contributed by atoms with E-state index in [1.807, 2.05) is 11.3 Å². The van der Waals surface area contributed by atoms with Gasteiger partial charge in [0.15, 0.2) is 0 Å². The Kier molecular flexibility index (Phi) is 3.55. The minimum Gasteiger partial charge on any atom is -0.508 e. The van der Waals surface area contributed by atoms with Crippen molar-refractivity contribution in [3.05, 3.63) is 51.7 Å². The SMILES string of the molecule is Oc1ccc(C(O)CN2CCc3sccc3C2)cc1. The summed E-state index contributed by atoms with van der Waals surface area (Å²) in [7, 11) is 0. The maximum Gasteiger partial charge on any atom is 0.115 e. The molecule has 2 aromatic rings. The first-order valence-electron chi connectivity index (χ1n) is 6.47. The molecule has 0 amide bonds. The summed E-state index contributed by atoms with van der Waals surface area (Å²) in [5, 5.41) is 21.6. The molecule has 100 valence electrons. The third-order valence-corrected chi connectivity index (χ3v) is 4.62. The maximum atomic E-state index is 10.2. The zero-order chi connectivity index (χ0) is 13.2. The van der Waals surface area contributed by atoms with E-state index in [0.717, 1.165) is 25.1 Å². The number of benzene rings is 1. The molecule has 0 saturated heterocycles. The first kappa shape index (κ1) is 12.7. The van der Waals surface area contributed by atoms with E-state index in [2.05, 4.69) is 16.3 Å². The monoisotopic (exact) mass is 275 g/mol. The Bertz CT molecular complexity index is 550. The number of phenols is 1. The minimum absolute atomic E-state index is 0.233. The Hall–Kier alpha value is -1.36. The van der Waals surface area contributed by atoms with Crippen LogP contribution in [-0.2, 0) is 13.0 Å². The zero-order valence-corrected chi connectivity index (χ0v) is 11.4. The van der Waals surface area contributed by atoms with Gasteiger partial charge in [0.05, 0.1) is 6.10 Å². The predicted molar refractivity (Wildman–Crippen MR) is 76.4 cm³/mol. The highest BCUT2D eigenvalue weighted by molar-refractivity contribution is 7.10. The molecule has 0 aliphatic carbocycles. The van der Waals surface area contributed by atoms with Gasteiger partial charge >= 0.3 is 0 Å². The van der Waals surface area contributed by atoms with E-state index in [4.69, 9.17) is 0 Å². The highest BCUT2D eigenvalue weighted by Gasteiger charge is 2.20. The number of hydrogen-bond acceptors (Lipinski definition) is 4. The fraction of sp³-hybridized carbons (Fsp3) is 0.333. The number of fused-ring (bicyclic) bond motifs is 1. The average Bonchev–Trinajstić information content (AvgIpc) is 2.87. The number of rotatable bonds is 3. The molecule has 1 unspecified atom stereocenters. The number of hydrogen-bond donors (Lipinski definition) is 2. The van der Waals surface area contributed by atoms with Crippen LogP contribution >= 0.6 is 11.3 Å². The molecular formula is C15H17NO2S. The standard InChI is InChI=1S/C15H17NO2S/c17-13-3-1-11(2-4-13)14(18)10-16-7-5-15-12(9-16)6-8-19-15/h1-4,6,8,14,17-18H,5,7,9-10H2. The quantitative estimate of drug-likeness (QED) is 0.904. The molecule has 1 aromatic carbocycles. The maximum absolute atomic E-state index is 10.2. The molecule has 0 saturated carbocycles. The molecule has 0 bridgehead atoms.